The van der Waals surface area contributed by atoms with Crippen LogP contribution in [-0.4, -0.2) is 0 Å². The van der Waals surface area contributed by atoms with Gasteiger partial charge in [-0.05, 0) is 66.9 Å². The summed E-state index contributed by atoms with van der Waals surface area (Å²) in [6.45, 7) is 5.77. The van der Waals surface area contributed by atoms with Crippen LogP contribution in [0.25, 0.3) is 0 Å². The zero-order chi connectivity index (χ0) is 17.8. The molecule has 0 radical (unpaired) electrons. The Kier molecular flexibility index (Phi) is 3.55. The van der Waals surface area contributed by atoms with Gasteiger partial charge in [0.25, 0.3) is 0 Å². The van der Waals surface area contributed by atoms with E-state index in [2.05, 4.69) is 68.4 Å². The van der Waals surface area contributed by atoms with Crippen molar-refractivity contribution in [3.63, 3.8) is 0 Å². The first-order valence-corrected chi connectivity index (χ1v) is 10.2. The molecule has 0 aromatic heterocycles. The van der Waals surface area contributed by atoms with Crippen molar-refractivity contribution in [2.75, 3.05) is 0 Å². The van der Waals surface area contributed by atoms with E-state index in [1.54, 1.807) is 0 Å². The molecule has 0 amide bonds. The normalized spacial score (nSPS) is 37.7. The van der Waals surface area contributed by atoms with Gasteiger partial charge in [0.15, 0.2) is 0 Å². The van der Waals surface area contributed by atoms with Crippen LogP contribution in [0, 0.1) is 16.7 Å². The molecule has 4 saturated carbocycles. The van der Waals surface area contributed by atoms with Crippen LogP contribution in [0.1, 0.15) is 63.5 Å². The third kappa shape index (κ3) is 2.68. The topological polar surface area (TPSA) is 9.23 Å². The predicted molar refractivity (Wildman–Crippen MR) is 106 cm³/mol. The first-order chi connectivity index (χ1) is 12.5. The van der Waals surface area contributed by atoms with Gasteiger partial charge in [0.2, 0.25) is 0 Å². The van der Waals surface area contributed by atoms with Crippen molar-refractivity contribution in [1.82, 2.24) is 0 Å². The SMILES string of the molecule is CC12CC3CC(C)(C1)CC(c1ccccc1OCc1ccccc1)(C3)C2. The molecule has 2 unspecified atom stereocenters. The molecular weight excluding hydrogens is 316 g/mol. The molecule has 2 aromatic rings. The molecule has 1 heteroatoms. The summed E-state index contributed by atoms with van der Waals surface area (Å²) in [6, 6.07) is 19.4. The maximum atomic E-state index is 6.38. The first-order valence-electron chi connectivity index (χ1n) is 10.2. The Morgan fingerprint density at radius 3 is 2.15 bits per heavy atom. The fourth-order valence-corrected chi connectivity index (χ4v) is 7.51. The molecule has 26 heavy (non-hydrogen) atoms. The van der Waals surface area contributed by atoms with Crippen LogP contribution in [0.2, 0.25) is 0 Å². The van der Waals surface area contributed by atoms with Gasteiger partial charge in [0.05, 0.1) is 0 Å². The minimum Gasteiger partial charge on any atom is -0.489 e. The molecular formula is C25H30O. The third-order valence-electron chi connectivity index (χ3n) is 7.32. The van der Waals surface area contributed by atoms with E-state index in [1.165, 1.54) is 49.7 Å². The van der Waals surface area contributed by atoms with Crippen LogP contribution in [0.15, 0.2) is 54.6 Å². The molecule has 0 N–H and O–H groups in total. The number of hydrogen-bond acceptors (Lipinski definition) is 1. The average molecular weight is 347 g/mol. The lowest BCUT2D eigenvalue weighted by molar-refractivity contribution is -0.110. The summed E-state index contributed by atoms with van der Waals surface area (Å²) >= 11 is 0. The summed E-state index contributed by atoms with van der Waals surface area (Å²) in [5.41, 5.74) is 4.11. The summed E-state index contributed by atoms with van der Waals surface area (Å²) in [5, 5.41) is 0. The van der Waals surface area contributed by atoms with Crippen LogP contribution in [0.4, 0.5) is 0 Å². The lowest BCUT2D eigenvalue weighted by Crippen LogP contribution is -2.56. The van der Waals surface area contributed by atoms with Crippen molar-refractivity contribution in [3.8, 4) is 5.75 Å². The number of hydrogen-bond donors (Lipinski definition) is 0. The van der Waals surface area contributed by atoms with E-state index in [-0.39, 0.29) is 0 Å². The number of para-hydroxylation sites is 1. The third-order valence-corrected chi connectivity index (χ3v) is 7.32. The summed E-state index contributed by atoms with van der Waals surface area (Å²) in [5.74, 6) is 2.02. The molecule has 0 heterocycles. The molecule has 6 rings (SSSR count). The van der Waals surface area contributed by atoms with Crippen LogP contribution in [-0.2, 0) is 12.0 Å². The van der Waals surface area contributed by atoms with E-state index in [4.69, 9.17) is 4.74 Å². The fourth-order valence-electron chi connectivity index (χ4n) is 7.51. The molecule has 4 bridgehead atoms. The van der Waals surface area contributed by atoms with Crippen molar-refractivity contribution < 1.29 is 4.74 Å². The number of benzene rings is 2. The van der Waals surface area contributed by atoms with Crippen molar-refractivity contribution in [3.05, 3.63) is 65.7 Å². The van der Waals surface area contributed by atoms with E-state index < -0.39 is 0 Å². The molecule has 1 nitrogen and oxygen atoms in total. The van der Waals surface area contributed by atoms with Crippen LogP contribution < -0.4 is 4.74 Å². The minimum atomic E-state index is 0.330. The maximum Gasteiger partial charge on any atom is 0.123 e. The second kappa shape index (κ2) is 5.62. The molecule has 0 saturated heterocycles. The molecule has 2 atom stereocenters. The number of ether oxygens (including phenoxy) is 1. The van der Waals surface area contributed by atoms with Crippen molar-refractivity contribution in [1.29, 1.82) is 0 Å². The van der Waals surface area contributed by atoms with Crippen LogP contribution in [0.3, 0.4) is 0 Å². The highest BCUT2D eigenvalue weighted by Crippen LogP contribution is 2.70. The van der Waals surface area contributed by atoms with Gasteiger partial charge in [-0.3, -0.25) is 0 Å². The van der Waals surface area contributed by atoms with E-state index in [1.807, 2.05) is 0 Å². The molecule has 4 aliphatic rings. The maximum absolute atomic E-state index is 6.38. The highest BCUT2D eigenvalue weighted by molar-refractivity contribution is 5.42. The van der Waals surface area contributed by atoms with Gasteiger partial charge in [-0.2, -0.15) is 0 Å². The van der Waals surface area contributed by atoms with Gasteiger partial charge in [0, 0.05) is 11.0 Å². The fraction of sp³-hybridized carbons (Fsp3) is 0.520. The van der Waals surface area contributed by atoms with E-state index >= 15 is 0 Å². The predicted octanol–water partition coefficient (Wildman–Crippen LogP) is 6.51. The molecule has 4 fully saturated rings. The van der Waals surface area contributed by atoms with Crippen molar-refractivity contribution >= 4 is 0 Å². The lowest BCUT2D eigenvalue weighted by atomic mass is 9.39. The van der Waals surface area contributed by atoms with Gasteiger partial charge in [0.1, 0.15) is 12.4 Å². The molecule has 0 spiro atoms. The summed E-state index contributed by atoms with van der Waals surface area (Å²) in [6.07, 6.45) is 8.36. The Morgan fingerprint density at radius 2 is 1.46 bits per heavy atom. The second-order valence-electron chi connectivity index (χ2n) is 10.2. The van der Waals surface area contributed by atoms with Gasteiger partial charge in [-0.25, -0.2) is 0 Å². The Hall–Kier alpha value is -1.76. The largest absolute Gasteiger partial charge is 0.489 e. The minimum absolute atomic E-state index is 0.330. The highest BCUT2D eigenvalue weighted by Gasteiger charge is 2.60. The number of rotatable bonds is 4. The summed E-state index contributed by atoms with van der Waals surface area (Å²) < 4.78 is 6.38. The molecule has 4 aliphatic carbocycles. The Balaban J connectivity index is 1.49. The first kappa shape index (κ1) is 16.4. The van der Waals surface area contributed by atoms with Crippen molar-refractivity contribution in [2.24, 2.45) is 16.7 Å². The highest BCUT2D eigenvalue weighted by atomic mass is 16.5. The van der Waals surface area contributed by atoms with E-state index in [0.29, 0.717) is 22.9 Å². The second-order valence-corrected chi connectivity index (χ2v) is 10.2. The van der Waals surface area contributed by atoms with Gasteiger partial charge >= 0.3 is 0 Å². The summed E-state index contributed by atoms with van der Waals surface area (Å²) in [7, 11) is 0. The van der Waals surface area contributed by atoms with Crippen LogP contribution >= 0.6 is 0 Å². The quantitative estimate of drug-likeness (QED) is 0.613. The average Bonchev–Trinajstić information content (AvgIpc) is 2.58. The molecule has 136 valence electrons. The standard InChI is InChI=1S/C25H30O/c1-23-12-20-13-24(2,16-23)18-25(14-20,17-23)21-10-6-7-11-22(21)26-15-19-8-4-3-5-9-19/h3-11,20H,12-18H2,1-2H3. The van der Waals surface area contributed by atoms with Gasteiger partial charge in [-0.1, -0.05) is 62.4 Å². The van der Waals surface area contributed by atoms with Crippen LogP contribution in [0.5, 0.6) is 5.75 Å². The zero-order valence-electron chi connectivity index (χ0n) is 16.1. The summed E-state index contributed by atoms with van der Waals surface area (Å²) in [4.78, 5) is 0. The monoisotopic (exact) mass is 346 g/mol. The Labute approximate surface area is 157 Å². The molecule has 2 aromatic carbocycles. The smallest absolute Gasteiger partial charge is 0.123 e. The van der Waals surface area contributed by atoms with E-state index in [0.717, 1.165) is 11.7 Å². The molecule has 0 aliphatic heterocycles. The van der Waals surface area contributed by atoms with Gasteiger partial charge < -0.3 is 4.74 Å². The lowest BCUT2D eigenvalue weighted by Gasteiger charge is -2.65. The Morgan fingerprint density at radius 1 is 0.808 bits per heavy atom. The zero-order valence-corrected chi connectivity index (χ0v) is 16.1. The van der Waals surface area contributed by atoms with Crippen molar-refractivity contribution in [2.45, 2.75) is 64.4 Å². The van der Waals surface area contributed by atoms with E-state index in [9.17, 15) is 0 Å². The van der Waals surface area contributed by atoms with Gasteiger partial charge in [-0.15, -0.1) is 0 Å². The Bertz CT molecular complexity index is 790.